The van der Waals surface area contributed by atoms with Crippen LogP contribution in [0.1, 0.15) is 79.0 Å². The van der Waals surface area contributed by atoms with E-state index >= 15 is 0 Å². The Morgan fingerprint density at radius 2 is 0.406 bits per heavy atom. The molecule has 13 rings (SSSR count). The minimum atomic E-state index is -0.446. The van der Waals surface area contributed by atoms with Crippen molar-refractivity contribution in [3.05, 3.63) is 399 Å². The number of carbonyl (C=O) groups excluding carboxylic acids is 2. The van der Waals surface area contributed by atoms with Gasteiger partial charge in [-0.2, -0.15) is 0 Å². The molecule has 0 atom stereocenters. The van der Waals surface area contributed by atoms with Gasteiger partial charge in [-0.15, -0.1) is 0 Å². The summed E-state index contributed by atoms with van der Waals surface area (Å²) in [6.45, 7) is 2.22. The van der Waals surface area contributed by atoms with Gasteiger partial charge in [0.2, 0.25) is 0 Å². The summed E-state index contributed by atoms with van der Waals surface area (Å²) >= 11 is 0. The summed E-state index contributed by atoms with van der Waals surface area (Å²) in [6.07, 6.45) is 9.96. The number of hydrogen-bond acceptors (Lipinski definition) is 2. The SMILES string of the molecule is CCCCCCCCCC(=O)c1ccc(C=O)cc1.[Pd].c1ccc(P(c2ccccc2)c2ccccc2)cc1.c1ccc(P(c2ccccc2)c2ccccc2)cc1.c1ccc(P(c2ccccc2)c2ccccc2)cc1.c1ccc(P(c2ccccc2)c2ccccc2)cc1. The van der Waals surface area contributed by atoms with Crippen molar-refractivity contribution >= 4 is 107 Å². The van der Waals surface area contributed by atoms with E-state index in [0.717, 1.165) is 24.7 Å². The number of Topliss-reactive ketones (excluding diaryl/α,β-unsaturated/α-hetero) is 1. The quantitative estimate of drug-likeness (QED) is 0.0223. The summed E-state index contributed by atoms with van der Waals surface area (Å²) in [6, 6.07) is 136. The molecule has 0 saturated carbocycles. The van der Waals surface area contributed by atoms with Crippen molar-refractivity contribution in [3.63, 3.8) is 0 Å². The van der Waals surface area contributed by atoms with Crippen molar-refractivity contribution in [2.75, 3.05) is 0 Å². The maximum absolute atomic E-state index is 11.9. The van der Waals surface area contributed by atoms with Crippen molar-refractivity contribution in [3.8, 4) is 0 Å². The number of ketones is 1. The van der Waals surface area contributed by atoms with Crippen LogP contribution in [0.2, 0.25) is 0 Å². The van der Waals surface area contributed by atoms with Gasteiger partial charge >= 0.3 is 0 Å². The molecule has 0 aliphatic heterocycles. The zero-order valence-electron chi connectivity index (χ0n) is 54.6. The first-order chi connectivity index (χ1) is 47.1. The topological polar surface area (TPSA) is 34.1 Å². The second-order valence-corrected chi connectivity index (χ2v) is 31.3. The van der Waals surface area contributed by atoms with E-state index in [1.807, 2.05) is 0 Å². The number of hydrogen-bond donors (Lipinski definition) is 0. The Balaban J connectivity index is 0.000000153. The second-order valence-electron chi connectivity index (χ2n) is 22.4. The molecule has 13 aromatic carbocycles. The molecule has 0 N–H and O–H groups in total. The normalized spacial score (nSPS) is 10.4. The predicted octanol–water partition coefficient (Wildman–Crippen LogP) is 18.6. The van der Waals surface area contributed by atoms with Crippen molar-refractivity contribution in [2.45, 2.75) is 58.3 Å². The minimum absolute atomic E-state index is 0. The summed E-state index contributed by atoms with van der Waals surface area (Å²) in [4.78, 5) is 22.4. The molecular formula is C89H84O2P4Pd. The van der Waals surface area contributed by atoms with E-state index in [1.54, 1.807) is 24.3 Å². The standard InChI is InChI=1S/4C18H15P.C17H24O2.Pd/c4*1-4-10-16(11-5-1)19(17-12-6-2-7-13-17)18-14-8-3-9-15-18;1-2-3-4-5-6-7-8-9-17(19)16-12-10-15(14-18)11-13-16;/h4*1-15H;10-14H,2-9H2,1H3;. The van der Waals surface area contributed by atoms with Gasteiger partial charge < -0.3 is 0 Å². The fourth-order valence-corrected chi connectivity index (χ4v) is 20.1. The molecule has 2 nitrogen and oxygen atoms in total. The Labute approximate surface area is 590 Å². The van der Waals surface area contributed by atoms with Gasteiger partial charge in [-0.3, -0.25) is 9.59 Å². The second kappa shape index (κ2) is 42.9. The van der Waals surface area contributed by atoms with Crippen molar-refractivity contribution < 1.29 is 30.0 Å². The Bertz CT molecular complexity index is 3280. The first kappa shape index (κ1) is 73.4. The summed E-state index contributed by atoms with van der Waals surface area (Å²) < 4.78 is 0. The van der Waals surface area contributed by atoms with E-state index in [1.165, 1.54) is 95.8 Å². The molecule has 0 saturated heterocycles. The maximum atomic E-state index is 11.9. The third-order valence-corrected chi connectivity index (χ3v) is 25.3. The summed E-state index contributed by atoms with van der Waals surface area (Å²) in [5.41, 5.74) is 1.34. The zero-order chi connectivity index (χ0) is 65.6. The van der Waals surface area contributed by atoms with Crippen LogP contribution in [-0.2, 0) is 20.4 Å². The first-order valence-corrected chi connectivity index (χ1v) is 38.3. The van der Waals surface area contributed by atoms with E-state index in [4.69, 9.17) is 0 Å². The Morgan fingerprint density at radius 3 is 0.573 bits per heavy atom. The summed E-state index contributed by atoms with van der Waals surface area (Å²) in [5.74, 6) is 0.186. The van der Waals surface area contributed by atoms with Gasteiger partial charge in [-0.05, 0) is 102 Å². The number of benzene rings is 13. The number of aldehydes is 1. The van der Waals surface area contributed by atoms with Gasteiger partial charge in [0.1, 0.15) is 6.29 Å². The minimum Gasteiger partial charge on any atom is -0.298 e. The van der Waals surface area contributed by atoms with Gasteiger partial charge in [0, 0.05) is 38.0 Å². The molecule has 0 unspecified atom stereocenters. The van der Waals surface area contributed by atoms with E-state index in [-0.39, 0.29) is 26.2 Å². The van der Waals surface area contributed by atoms with Crippen molar-refractivity contribution in [1.29, 1.82) is 0 Å². The molecule has 0 spiro atoms. The van der Waals surface area contributed by atoms with Crippen LogP contribution >= 0.6 is 31.7 Å². The molecule has 0 bridgehead atoms. The molecule has 0 amide bonds. The van der Waals surface area contributed by atoms with Crippen LogP contribution in [0.15, 0.2) is 388 Å². The fraction of sp³-hybridized carbons (Fsp3) is 0.101. The largest absolute Gasteiger partial charge is 0.298 e. The van der Waals surface area contributed by atoms with Gasteiger partial charge in [0.15, 0.2) is 5.78 Å². The smallest absolute Gasteiger partial charge is 0.162 e. The molecule has 482 valence electrons. The molecular weight excluding hydrogens is 1330 g/mol. The molecule has 0 aliphatic carbocycles. The van der Waals surface area contributed by atoms with Crippen LogP contribution in [0, 0.1) is 0 Å². The van der Waals surface area contributed by atoms with Crippen molar-refractivity contribution in [2.24, 2.45) is 0 Å². The van der Waals surface area contributed by atoms with Crippen LogP contribution in [0.3, 0.4) is 0 Å². The Hall–Kier alpha value is -8.42. The molecule has 0 heterocycles. The van der Waals surface area contributed by atoms with Crippen LogP contribution in [0.25, 0.3) is 0 Å². The molecule has 13 aromatic rings. The molecule has 96 heavy (non-hydrogen) atoms. The molecule has 0 radical (unpaired) electrons. The third-order valence-electron chi connectivity index (χ3n) is 15.5. The zero-order valence-corrected chi connectivity index (χ0v) is 59.7. The summed E-state index contributed by atoms with van der Waals surface area (Å²) in [5, 5.41) is 16.8. The number of unbranched alkanes of at least 4 members (excludes halogenated alkanes) is 6. The van der Waals surface area contributed by atoms with Gasteiger partial charge in [-0.1, -0.05) is 434 Å². The molecule has 7 heteroatoms. The fourth-order valence-electron chi connectivity index (χ4n) is 10.8. The van der Waals surface area contributed by atoms with Crippen molar-refractivity contribution in [1.82, 2.24) is 0 Å². The van der Waals surface area contributed by atoms with E-state index in [9.17, 15) is 9.59 Å². The van der Waals surface area contributed by atoms with Crippen LogP contribution in [0.5, 0.6) is 0 Å². The molecule has 0 fully saturated rings. The van der Waals surface area contributed by atoms with Gasteiger partial charge in [-0.25, -0.2) is 0 Å². The molecule has 0 aliphatic rings. The first-order valence-electron chi connectivity index (χ1n) is 33.0. The van der Waals surface area contributed by atoms with Gasteiger partial charge in [0.25, 0.3) is 0 Å². The van der Waals surface area contributed by atoms with Gasteiger partial charge in [0.05, 0.1) is 0 Å². The monoisotopic (exact) mass is 1410 g/mol. The number of rotatable bonds is 22. The Morgan fingerprint density at radius 1 is 0.240 bits per heavy atom. The molecule has 0 aromatic heterocycles. The summed E-state index contributed by atoms with van der Waals surface area (Å²) in [7, 11) is -1.78. The maximum Gasteiger partial charge on any atom is 0.162 e. The van der Waals surface area contributed by atoms with E-state index in [0.29, 0.717) is 12.0 Å². The van der Waals surface area contributed by atoms with Crippen LogP contribution < -0.4 is 63.7 Å². The average Bonchev–Trinajstić information content (AvgIpc) is 1.18. The average molecular weight is 1420 g/mol. The Kier molecular flexibility index (Phi) is 32.8. The predicted molar refractivity (Wildman–Crippen MR) is 419 cm³/mol. The van der Waals surface area contributed by atoms with Crippen LogP contribution in [0.4, 0.5) is 0 Å². The van der Waals surface area contributed by atoms with E-state index < -0.39 is 31.7 Å². The number of carbonyl (C=O) groups is 2. The third kappa shape index (κ3) is 23.7. The van der Waals surface area contributed by atoms with Crippen LogP contribution in [-0.4, -0.2) is 12.1 Å². The van der Waals surface area contributed by atoms with E-state index in [2.05, 4.69) is 371 Å².